The summed E-state index contributed by atoms with van der Waals surface area (Å²) in [6, 6.07) is 4.02. The lowest BCUT2D eigenvalue weighted by Crippen LogP contribution is -2.27. The summed E-state index contributed by atoms with van der Waals surface area (Å²) in [6.07, 6.45) is 4.49. The van der Waals surface area contributed by atoms with E-state index < -0.39 is 0 Å². The van der Waals surface area contributed by atoms with Gasteiger partial charge in [0.05, 0.1) is 11.3 Å². The number of anilines is 1. The third-order valence-electron chi connectivity index (χ3n) is 3.53. The molecule has 0 unspecified atom stereocenters. The van der Waals surface area contributed by atoms with E-state index in [0.717, 1.165) is 35.6 Å². The number of hydrogen-bond donors (Lipinski definition) is 1. The molecule has 0 aliphatic heterocycles. The van der Waals surface area contributed by atoms with Gasteiger partial charge in [0.1, 0.15) is 4.99 Å². The molecule has 2 aromatic rings. The number of rotatable bonds is 5. The number of pyridine rings is 1. The van der Waals surface area contributed by atoms with Crippen molar-refractivity contribution in [2.45, 2.75) is 20.3 Å². The van der Waals surface area contributed by atoms with Crippen molar-refractivity contribution in [3.05, 3.63) is 46.9 Å². The van der Waals surface area contributed by atoms with E-state index in [4.69, 9.17) is 18.0 Å². The Balaban J connectivity index is 2.21. The molecule has 0 aromatic carbocycles. The Morgan fingerprint density at radius 1 is 1.24 bits per heavy atom. The summed E-state index contributed by atoms with van der Waals surface area (Å²) in [5.74, 6) is 0.736. The molecule has 0 atom stereocenters. The van der Waals surface area contributed by atoms with Gasteiger partial charge in [0, 0.05) is 26.0 Å². The molecule has 2 N–H and O–H groups in total. The fourth-order valence-corrected chi connectivity index (χ4v) is 2.35. The second-order valence-electron chi connectivity index (χ2n) is 5.00. The maximum absolute atomic E-state index is 5.86. The van der Waals surface area contributed by atoms with E-state index in [1.54, 1.807) is 12.4 Å². The van der Waals surface area contributed by atoms with Crippen LogP contribution in [0, 0.1) is 13.8 Å². The van der Waals surface area contributed by atoms with Crippen molar-refractivity contribution in [2.24, 2.45) is 5.73 Å². The zero-order chi connectivity index (χ0) is 15.4. The molecule has 0 aliphatic carbocycles. The molecule has 0 fully saturated rings. The molecule has 6 heteroatoms. The second kappa shape index (κ2) is 6.58. The molecule has 2 heterocycles. The highest BCUT2D eigenvalue weighted by molar-refractivity contribution is 7.80. The standard InChI is InChI=1S/C15H19N5S/c1-10-11(2)18-19-15(13(10)14(16)21)20(3)9-6-12-4-7-17-8-5-12/h4-5,7-8H,6,9H2,1-3H3,(H2,16,21). The molecule has 0 spiro atoms. The molecular formula is C15H19N5S. The van der Waals surface area contributed by atoms with Crippen LogP contribution in [0.5, 0.6) is 0 Å². The zero-order valence-electron chi connectivity index (χ0n) is 12.5. The fourth-order valence-electron chi connectivity index (χ4n) is 2.11. The number of hydrogen-bond acceptors (Lipinski definition) is 5. The molecule has 2 aromatic heterocycles. The maximum Gasteiger partial charge on any atom is 0.161 e. The molecule has 0 aliphatic rings. The molecule has 0 radical (unpaired) electrons. The summed E-state index contributed by atoms with van der Waals surface area (Å²) in [6.45, 7) is 4.68. The zero-order valence-corrected chi connectivity index (χ0v) is 13.3. The number of nitrogens with zero attached hydrogens (tertiary/aromatic N) is 4. The highest BCUT2D eigenvalue weighted by atomic mass is 32.1. The fraction of sp³-hybridized carbons (Fsp3) is 0.333. The van der Waals surface area contributed by atoms with Crippen molar-refractivity contribution in [3.8, 4) is 0 Å². The Hall–Kier alpha value is -2.08. The van der Waals surface area contributed by atoms with Crippen molar-refractivity contribution < 1.29 is 0 Å². The van der Waals surface area contributed by atoms with Crippen molar-refractivity contribution in [1.82, 2.24) is 15.2 Å². The van der Waals surface area contributed by atoms with Gasteiger partial charge in [-0.3, -0.25) is 4.98 Å². The Bertz CT molecular complexity index is 642. The van der Waals surface area contributed by atoms with Crippen LogP contribution >= 0.6 is 12.2 Å². The Morgan fingerprint density at radius 3 is 2.52 bits per heavy atom. The Kier molecular flexibility index (Phi) is 4.80. The molecule has 0 saturated carbocycles. The number of thiocarbonyl (C=S) groups is 1. The van der Waals surface area contributed by atoms with Crippen molar-refractivity contribution in [3.63, 3.8) is 0 Å². The van der Waals surface area contributed by atoms with Crippen molar-refractivity contribution >= 4 is 23.0 Å². The van der Waals surface area contributed by atoms with Gasteiger partial charge in [-0.2, -0.15) is 5.10 Å². The first kappa shape index (κ1) is 15.3. The van der Waals surface area contributed by atoms with E-state index in [0.29, 0.717) is 4.99 Å². The van der Waals surface area contributed by atoms with Gasteiger partial charge in [0.25, 0.3) is 0 Å². The number of likely N-dealkylation sites (N-methyl/N-ethyl adjacent to an activating group) is 1. The van der Waals surface area contributed by atoms with E-state index in [1.165, 1.54) is 5.56 Å². The quantitative estimate of drug-likeness (QED) is 0.849. The first-order valence-corrected chi connectivity index (χ1v) is 7.15. The summed E-state index contributed by atoms with van der Waals surface area (Å²) >= 11 is 5.17. The number of aromatic nitrogens is 3. The van der Waals surface area contributed by atoms with Gasteiger partial charge >= 0.3 is 0 Å². The van der Waals surface area contributed by atoms with Crippen LogP contribution in [-0.2, 0) is 6.42 Å². The highest BCUT2D eigenvalue weighted by Gasteiger charge is 2.16. The summed E-state index contributed by atoms with van der Waals surface area (Å²) in [5, 5.41) is 8.45. The molecule has 0 bridgehead atoms. The van der Waals surface area contributed by atoms with Crippen LogP contribution in [0.25, 0.3) is 0 Å². The van der Waals surface area contributed by atoms with Crippen LogP contribution in [-0.4, -0.2) is 33.8 Å². The van der Waals surface area contributed by atoms with Crippen molar-refractivity contribution in [2.75, 3.05) is 18.5 Å². The molecular weight excluding hydrogens is 282 g/mol. The van der Waals surface area contributed by atoms with E-state index in [1.807, 2.05) is 37.9 Å². The third-order valence-corrected chi connectivity index (χ3v) is 3.73. The first-order chi connectivity index (χ1) is 10.0. The molecule has 0 saturated heterocycles. The maximum atomic E-state index is 5.86. The predicted molar refractivity (Wildman–Crippen MR) is 88.6 cm³/mol. The SMILES string of the molecule is Cc1nnc(N(C)CCc2ccncc2)c(C(N)=S)c1C. The Labute approximate surface area is 130 Å². The summed E-state index contributed by atoms with van der Waals surface area (Å²) in [4.78, 5) is 6.41. The van der Waals surface area contributed by atoms with Crippen LogP contribution in [0.2, 0.25) is 0 Å². The van der Waals surface area contributed by atoms with Gasteiger partial charge in [0.15, 0.2) is 5.82 Å². The summed E-state index contributed by atoms with van der Waals surface area (Å²) < 4.78 is 0. The molecule has 2 rings (SSSR count). The molecule has 110 valence electrons. The minimum atomic E-state index is 0.358. The normalized spacial score (nSPS) is 10.4. The Morgan fingerprint density at radius 2 is 1.90 bits per heavy atom. The van der Waals surface area contributed by atoms with E-state index in [2.05, 4.69) is 15.2 Å². The average molecular weight is 301 g/mol. The van der Waals surface area contributed by atoms with Crippen LogP contribution in [0.4, 0.5) is 5.82 Å². The van der Waals surface area contributed by atoms with E-state index in [9.17, 15) is 0 Å². The number of nitrogens with two attached hydrogens (primary N) is 1. The molecule has 21 heavy (non-hydrogen) atoms. The second-order valence-corrected chi connectivity index (χ2v) is 5.44. The minimum Gasteiger partial charge on any atom is -0.389 e. The monoisotopic (exact) mass is 301 g/mol. The third kappa shape index (κ3) is 3.52. The number of aryl methyl sites for hydroxylation is 1. The molecule has 0 amide bonds. The van der Waals surface area contributed by atoms with E-state index in [-0.39, 0.29) is 0 Å². The smallest absolute Gasteiger partial charge is 0.161 e. The van der Waals surface area contributed by atoms with Gasteiger partial charge in [-0.1, -0.05) is 12.2 Å². The topological polar surface area (TPSA) is 67.9 Å². The largest absolute Gasteiger partial charge is 0.389 e. The average Bonchev–Trinajstić information content (AvgIpc) is 2.48. The summed E-state index contributed by atoms with van der Waals surface area (Å²) in [5.41, 5.74) is 9.74. The van der Waals surface area contributed by atoms with Crippen LogP contribution in [0.3, 0.4) is 0 Å². The van der Waals surface area contributed by atoms with Crippen LogP contribution < -0.4 is 10.6 Å². The lowest BCUT2D eigenvalue weighted by Gasteiger charge is -2.22. The predicted octanol–water partition coefficient (Wildman–Crippen LogP) is 1.80. The van der Waals surface area contributed by atoms with Gasteiger partial charge in [0.2, 0.25) is 0 Å². The minimum absolute atomic E-state index is 0.358. The van der Waals surface area contributed by atoms with Gasteiger partial charge in [-0.15, -0.1) is 5.10 Å². The summed E-state index contributed by atoms with van der Waals surface area (Å²) in [7, 11) is 1.97. The van der Waals surface area contributed by atoms with Crippen LogP contribution in [0.1, 0.15) is 22.4 Å². The van der Waals surface area contributed by atoms with Gasteiger partial charge < -0.3 is 10.6 Å². The first-order valence-electron chi connectivity index (χ1n) is 6.74. The van der Waals surface area contributed by atoms with E-state index >= 15 is 0 Å². The lowest BCUT2D eigenvalue weighted by atomic mass is 10.1. The lowest BCUT2D eigenvalue weighted by molar-refractivity contribution is 0.826. The van der Waals surface area contributed by atoms with Crippen molar-refractivity contribution in [1.29, 1.82) is 0 Å². The van der Waals surface area contributed by atoms with Gasteiger partial charge in [-0.25, -0.2) is 0 Å². The van der Waals surface area contributed by atoms with Gasteiger partial charge in [-0.05, 0) is 43.5 Å². The highest BCUT2D eigenvalue weighted by Crippen LogP contribution is 2.21. The van der Waals surface area contributed by atoms with Crippen LogP contribution in [0.15, 0.2) is 24.5 Å². The molecule has 5 nitrogen and oxygen atoms in total.